The summed E-state index contributed by atoms with van der Waals surface area (Å²) in [7, 11) is 0. The van der Waals surface area contributed by atoms with Crippen LogP contribution in [-0.2, 0) is 4.79 Å². The van der Waals surface area contributed by atoms with Gasteiger partial charge >= 0.3 is 11.8 Å². The summed E-state index contributed by atoms with van der Waals surface area (Å²) in [5.74, 6) is -8.48. The third-order valence-electron chi connectivity index (χ3n) is 7.21. The summed E-state index contributed by atoms with van der Waals surface area (Å²) in [5.41, 5.74) is -0.0358. The zero-order chi connectivity index (χ0) is 25.0. The van der Waals surface area contributed by atoms with Crippen molar-refractivity contribution >= 4 is 34.8 Å². The topological polar surface area (TPSA) is 52.6 Å². The monoisotopic (exact) mass is 515 g/mol. The lowest BCUT2D eigenvalue weighted by molar-refractivity contribution is -0.172. The molecule has 0 unspecified atom stereocenters. The van der Waals surface area contributed by atoms with Crippen molar-refractivity contribution in [3.63, 3.8) is 0 Å². The molecule has 0 bridgehead atoms. The summed E-state index contributed by atoms with van der Waals surface area (Å²) in [4.78, 5) is 25.5. The number of rotatable bonds is 3. The van der Waals surface area contributed by atoms with Gasteiger partial charge in [0.1, 0.15) is 23.8 Å². The van der Waals surface area contributed by atoms with Crippen molar-refractivity contribution in [2.24, 2.45) is 0 Å². The van der Waals surface area contributed by atoms with Gasteiger partial charge in [-0.3, -0.25) is 4.79 Å². The van der Waals surface area contributed by atoms with E-state index in [1.54, 1.807) is 11.0 Å². The maximum absolute atomic E-state index is 14.2. The molecule has 1 amide bonds. The Kier molecular flexibility index (Phi) is 5.81. The SMILES string of the molecule is O=C1CCCC2(CCN(c3cc(N4CC(F)(F)C(F)(F)C4)ncn3)CC2)N1c1ccc(Cl)c(F)c1. The van der Waals surface area contributed by atoms with E-state index in [-0.39, 0.29) is 16.7 Å². The van der Waals surface area contributed by atoms with Gasteiger partial charge in [-0.2, -0.15) is 17.6 Å². The Morgan fingerprint density at radius 1 is 0.886 bits per heavy atom. The molecular weight excluding hydrogens is 493 g/mol. The number of amides is 1. The standard InChI is InChI=1S/C23H23ClF5N5O/c24-16-4-3-15(10-17(16)25)34-20(35)2-1-5-21(34)6-8-32(9-7-21)18-11-19(31-14-30-18)33-12-22(26,27)23(28,29)13-33/h3-4,10-11,14H,1-2,5-9,12-13H2. The number of benzene rings is 1. The number of aromatic nitrogens is 2. The van der Waals surface area contributed by atoms with E-state index in [9.17, 15) is 26.7 Å². The van der Waals surface area contributed by atoms with Crippen LogP contribution in [0.25, 0.3) is 0 Å². The highest BCUT2D eigenvalue weighted by molar-refractivity contribution is 6.30. The van der Waals surface area contributed by atoms with Gasteiger partial charge in [0, 0.05) is 31.3 Å². The van der Waals surface area contributed by atoms with Gasteiger partial charge in [0.25, 0.3) is 0 Å². The van der Waals surface area contributed by atoms with Crippen LogP contribution in [0.15, 0.2) is 30.6 Å². The van der Waals surface area contributed by atoms with Gasteiger partial charge in [-0.15, -0.1) is 0 Å². The van der Waals surface area contributed by atoms with Crippen molar-refractivity contribution in [2.75, 3.05) is 40.9 Å². The Bertz CT molecular complexity index is 1130. The first kappa shape index (κ1) is 24.0. The van der Waals surface area contributed by atoms with Gasteiger partial charge in [-0.25, -0.2) is 14.4 Å². The predicted molar refractivity (Wildman–Crippen MR) is 121 cm³/mol. The molecule has 4 heterocycles. The first-order valence-corrected chi connectivity index (χ1v) is 11.7. The second-order valence-electron chi connectivity index (χ2n) is 9.39. The molecule has 3 saturated heterocycles. The smallest absolute Gasteiger partial charge is 0.329 e. The van der Waals surface area contributed by atoms with E-state index in [1.165, 1.54) is 24.5 Å². The Balaban J connectivity index is 1.35. The van der Waals surface area contributed by atoms with Crippen LogP contribution >= 0.6 is 11.6 Å². The molecule has 1 aromatic carbocycles. The molecule has 1 aromatic heterocycles. The molecule has 3 fully saturated rings. The molecule has 2 aromatic rings. The van der Waals surface area contributed by atoms with E-state index in [4.69, 9.17) is 11.6 Å². The van der Waals surface area contributed by atoms with Crippen LogP contribution in [0.5, 0.6) is 0 Å². The summed E-state index contributed by atoms with van der Waals surface area (Å²) in [6.07, 6.45) is 4.17. The van der Waals surface area contributed by atoms with Gasteiger partial charge in [-0.05, 0) is 43.9 Å². The first-order chi connectivity index (χ1) is 16.5. The fourth-order valence-corrected chi connectivity index (χ4v) is 5.45. The van der Waals surface area contributed by atoms with Gasteiger partial charge in [0.05, 0.1) is 23.7 Å². The van der Waals surface area contributed by atoms with Gasteiger partial charge in [0.2, 0.25) is 5.91 Å². The van der Waals surface area contributed by atoms with Crippen molar-refractivity contribution in [3.05, 3.63) is 41.4 Å². The zero-order valence-corrected chi connectivity index (χ0v) is 19.4. The molecule has 3 aliphatic rings. The Morgan fingerprint density at radius 2 is 1.51 bits per heavy atom. The Hall–Kier alpha value is -2.69. The Morgan fingerprint density at radius 3 is 2.14 bits per heavy atom. The fraction of sp³-hybridized carbons (Fsp3) is 0.522. The number of halogens is 6. The lowest BCUT2D eigenvalue weighted by atomic mass is 9.78. The van der Waals surface area contributed by atoms with Crippen LogP contribution in [0.4, 0.5) is 39.3 Å². The third-order valence-corrected chi connectivity index (χ3v) is 7.52. The minimum Gasteiger partial charge on any atom is -0.356 e. The molecule has 0 atom stereocenters. The van der Waals surface area contributed by atoms with Crippen LogP contribution in [0.2, 0.25) is 5.02 Å². The maximum atomic E-state index is 14.2. The van der Waals surface area contributed by atoms with E-state index in [2.05, 4.69) is 9.97 Å². The van der Waals surface area contributed by atoms with Crippen molar-refractivity contribution in [1.29, 1.82) is 0 Å². The van der Waals surface area contributed by atoms with Crippen LogP contribution in [-0.4, -0.2) is 59.4 Å². The highest BCUT2D eigenvalue weighted by Crippen LogP contribution is 2.44. The summed E-state index contributed by atoms with van der Waals surface area (Å²) in [5, 5.41) is -0.0184. The fourth-order valence-electron chi connectivity index (χ4n) is 5.34. The number of carbonyl (C=O) groups excluding carboxylic acids is 1. The normalized spacial score (nSPS) is 23.3. The van der Waals surface area contributed by atoms with Gasteiger partial charge in [0.15, 0.2) is 0 Å². The van der Waals surface area contributed by atoms with Crippen LogP contribution in [0.3, 0.4) is 0 Å². The summed E-state index contributed by atoms with van der Waals surface area (Å²) < 4.78 is 68.8. The van der Waals surface area contributed by atoms with Crippen LogP contribution < -0.4 is 14.7 Å². The van der Waals surface area contributed by atoms with Gasteiger partial charge < -0.3 is 14.7 Å². The van der Waals surface area contributed by atoms with E-state index in [0.717, 1.165) is 17.7 Å². The number of nitrogens with zero attached hydrogens (tertiary/aromatic N) is 5. The molecule has 188 valence electrons. The van der Waals surface area contributed by atoms with E-state index >= 15 is 0 Å². The van der Waals surface area contributed by atoms with Gasteiger partial charge in [-0.1, -0.05) is 11.6 Å². The molecule has 6 nitrogen and oxygen atoms in total. The number of anilines is 3. The molecule has 12 heteroatoms. The molecule has 3 aliphatic heterocycles. The minimum absolute atomic E-state index is 0.0123. The lowest BCUT2D eigenvalue weighted by Gasteiger charge is -2.51. The molecular formula is C23H23ClF5N5O. The summed E-state index contributed by atoms with van der Waals surface area (Å²) in [6, 6.07) is 5.79. The number of alkyl halides is 4. The molecule has 35 heavy (non-hydrogen) atoms. The summed E-state index contributed by atoms with van der Waals surface area (Å²) >= 11 is 5.83. The van der Waals surface area contributed by atoms with E-state index < -0.39 is 36.3 Å². The molecule has 5 rings (SSSR count). The largest absolute Gasteiger partial charge is 0.356 e. The van der Waals surface area contributed by atoms with E-state index in [0.29, 0.717) is 43.9 Å². The highest BCUT2D eigenvalue weighted by Gasteiger charge is 2.63. The number of carbonyl (C=O) groups is 1. The summed E-state index contributed by atoms with van der Waals surface area (Å²) in [6.45, 7) is -1.26. The first-order valence-electron chi connectivity index (χ1n) is 11.4. The average molecular weight is 516 g/mol. The minimum atomic E-state index is -4.13. The zero-order valence-electron chi connectivity index (χ0n) is 18.7. The van der Waals surface area contributed by atoms with Crippen molar-refractivity contribution in [1.82, 2.24) is 9.97 Å². The second kappa shape index (κ2) is 8.46. The maximum Gasteiger partial charge on any atom is 0.329 e. The average Bonchev–Trinajstić information content (AvgIpc) is 3.03. The Labute approximate surface area is 203 Å². The second-order valence-corrected chi connectivity index (χ2v) is 9.80. The van der Waals surface area contributed by atoms with Crippen molar-refractivity contribution in [2.45, 2.75) is 49.5 Å². The highest BCUT2D eigenvalue weighted by atomic mass is 35.5. The lowest BCUT2D eigenvalue weighted by Crippen LogP contribution is -2.60. The molecule has 0 N–H and O–H groups in total. The third kappa shape index (κ3) is 4.17. The quantitative estimate of drug-likeness (QED) is 0.543. The predicted octanol–water partition coefficient (Wildman–Crippen LogP) is 4.92. The van der Waals surface area contributed by atoms with Crippen molar-refractivity contribution < 1.29 is 26.7 Å². The van der Waals surface area contributed by atoms with E-state index in [1.807, 2.05) is 4.90 Å². The van der Waals surface area contributed by atoms with Crippen LogP contribution in [0, 0.1) is 5.82 Å². The number of hydrogen-bond acceptors (Lipinski definition) is 5. The molecule has 1 spiro atoms. The molecule has 0 aliphatic carbocycles. The number of hydrogen-bond donors (Lipinski definition) is 0. The molecule has 0 saturated carbocycles. The van der Waals surface area contributed by atoms with Crippen LogP contribution in [0.1, 0.15) is 32.1 Å². The molecule has 0 radical (unpaired) electrons. The van der Waals surface area contributed by atoms with Crippen molar-refractivity contribution in [3.8, 4) is 0 Å². The number of piperidine rings is 2.